The summed E-state index contributed by atoms with van der Waals surface area (Å²) in [5, 5.41) is 16.6. The highest BCUT2D eigenvalue weighted by atomic mass is 19.1. The van der Waals surface area contributed by atoms with Gasteiger partial charge >= 0.3 is 0 Å². The summed E-state index contributed by atoms with van der Waals surface area (Å²) < 4.78 is 45.9. The number of ether oxygens (including phenoxy) is 3. The second kappa shape index (κ2) is 10.7. The molecule has 1 amide bonds. The SMILES string of the molecule is COc1cc(OC)c(F)c(COc2cnc(Nc3cc(CCC(=O)N4CC(O)C4)n(C)n3)nc2)c1F. The van der Waals surface area contributed by atoms with Gasteiger partial charge in [0.05, 0.1) is 38.3 Å². The molecule has 0 bridgehead atoms. The lowest BCUT2D eigenvalue weighted by Crippen LogP contribution is -2.53. The minimum atomic E-state index is -0.884. The highest BCUT2D eigenvalue weighted by molar-refractivity contribution is 5.77. The molecule has 1 aliphatic rings. The first kappa shape index (κ1) is 25.1. The molecule has 0 saturated carbocycles. The van der Waals surface area contributed by atoms with E-state index in [0.717, 1.165) is 11.8 Å². The topological polar surface area (TPSA) is 124 Å². The van der Waals surface area contributed by atoms with E-state index in [9.17, 15) is 18.7 Å². The van der Waals surface area contributed by atoms with Gasteiger partial charge in [-0.15, -0.1) is 0 Å². The van der Waals surface area contributed by atoms with Crippen LogP contribution in [0.25, 0.3) is 0 Å². The van der Waals surface area contributed by atoms with E-state index >= 15 is 0 Å². The molecule has 2 N–H and O–H groups in total. The van der Waals surface area contributed by atoms with Gasteiger partial charge in [0.25, 0.3) is 0 Å². The number of hydrogen-bond donors (Lipinski definition) is 2. The molecule has 1 saturated heterocycles. The number of methoxy groups -OCH3 is 2. The standard InChI is InChI=1S/C23H26F2N6O5/c1-30-13(4-5-20(33)31-10-14(32)11-31)6-19(29-30)28-23-26-8-15(9-27-23)36-12-16-21(24)17(34-2)7-18(35-3)22(16)25/h6-9,14,32H,4-5,10-12H2,1-3H3,(H,26,27,28,29). The Kier molecular flexibility index (Phi) is 7.48. The van der Waals surface area contributed by atoms with Gasteiger partial charge in [0, 0.05) is 44.4 Å². The van der Waals surface area contributed by atoms with Gasteiger partial charge in [0.1, 0.15) is 6.61 Å². The number of hydrogen-bond acceptors (Lipinski definition) is 9. The minimum Gasteiger partial charge on any atom is -0.494 e. The Morgan fingerprint density at radius 1 is 1.14 bits per heavy atom. The number of rotatable bonds is 10. The maximum Gasteiger partial charge on any atom is 0.228 e. The Morgan fingerprint density at radius 3 is 2.36 bits per heavy atom. The maximum atomic E-state index is 14.5. The molecule has 0 aliphatic carbocycles. The number of likely N-dealkylation sites (tertiary alicyclic amines) is 1. The van der Waals surface area contributed by atoms with Gasteiger partial charge in [-0.25, -0.2) is 18.7 Å². The van der Waals surface area contributed by atoms with Crippen molar-refractivity contribution in [2.75, 3.05) is 32.6 Å². The predicted molar refractivity (Wildman–Crippen MR) is 123 cm³/mol. The van der Waals surface area contributed by atoms with Crippen molar-refractivity contribution in [3.63, 3.8) is 0 Å². The summed E-state index contributed by atoms with van der Waals surface area (Å²) in [4.78, 5) is 22.0. The third-order valence-corrected chi connectivity index (χ3v) is 5.70. The van der Waals surface area contributed by atoms with Gasteiger partial charge in [-0.05, 0) is 6.42 Å². The largest absolute Gasteiger partial charge is 0.494 e. The van der Waals surface area contributed by atoms with Crippen LogP contribution in [0.2, 0.25) is 0 Å². The number of aromatic nitrogens is 4. The van der Waals surface area contributed by atoms with Gasteiger partial charge in [0.2, 0.25) is 11.9 Å². The monoisotopic (exact) mass is 504 g/mol. The molecule has 0 unspecified atom stereocenters. The Morgan fingerprint density at radius 2 is 1.78 bits per heavy atom. The molecule has 0 spiro atoms. The Bertz CT molecular complexity index is 1200. The van der Waals surface area contributed by atoms with E-state index in [2.05, 4.69) is 20.4 Å². The average molecular weight is 504 g/mol. The Balaban J connectivity index is 1.34. The molecule has 1 aromatic carbocycles. The van der Waals surface area contributed by atoms with Gasteiger partial charge in [-0.2, -0.15) is 5.10 Å². The fourth-order valence-corrected chi connectivity index (χ4v) is 3.64. The summed E-state index contributed by atoms with van der Waals surface area (Å²) in [6, 6.07) is 2.91. The van der Waals surface area contributed by atoms with Gasteiger partial charge < -0.3 is 29.5 Å². The number of nitrogens with one attached hydrogen (secondary N) is 1. The maximum absolute atomic E-state index is 14.5. The quantitative estimate of drug-likeness (QED) is 0.426. The van der Waals surface area contributed by atoms with Crippen LogP contribution in [0.5, 0.6) is 17.2 Å². The van der Waals surface area contributed by atoms with Crippen LogP contribution in [0.3, 0.4) is 0 Å². The molecule has 1 aliphatic heterocycles. The Labute approximate surface area is 205 Å². The fourth-order valence-electron chi connectivity index (χ4n) is 3.64. The van der Waals surface area contributed by atoms with E-state index in [1.54, 1.807) is 22.7 Å². The summed E-state index contributed by atoms with van der Waals surface area (Å²) in [5.41, 5.74) is 0.489. The van der Waals surface area contributed by atoms with Crippen LogP contribution in [0.15, 0.2) is 24.5 Å². The second-order valence-electron chi connectivity index (χ2n) is 8.14. The fraction of sp³-hybridized carbons (Fsp3) is 0.391. The highest BCUT2D eigenvalue weighted by Gasteiger charge is 2.28. The Hall–Kier alpha value is -4.00. The molecule has 0 radical (unpaired) electrons. The zero-order valence-corrected chi connectivity index (χ0v) is 20.0. The molecule has 36 heavy (non-hydrogen) atoms. The van der Waals surface area contributed by atoms with Crippen molar-refractivity contribution >= 4 is 17.7 Å². The molecule has 11 nitrogen and oxygen atoms in total. The summed E-state index contributed by atoms with van der Waals surface area (Å²) in [5.74, 6) is -1.20. The highest BCUT2D eigenvalue weighted by Crippen LogP contribution is 2.32. The number of amides is 1. The normalized spacial score (nSPS) is 13.3. The lowest BCUT2D eigenvalue weighted by Gasteiger charge is -2.35. The second-order valence-corrected chi connectivity index (χ2v) is 8.14. The van der Waals surface area contributed by atoms with Crippen molar-refractivity contribution in [2.24, 2.45) is 7.05 Å². The lowest BCUT2D eigenvalue weighted by atomic mass is 10.1. The van der Waals surface area contributed by atoms with Crippen molar-refractivity contribution in [3.8, 4) is 17.2 Å². The van der Waals surface area contributed by atoms with E-state index in [-0.39, 0.29) is 34.7 Å². The molecule has 0 atom stereocenters. The van der Waals surface area contributed by atoms with E-state index < -0.39 is 24.3 Å². The number of aryl methyl sites for hydroxylation is 2. The molecule has 13 heteroatoms. The number of halogens is 2. The van der Waals surface area contributed by atoms with Gasteiger partial charge in [-0.1, -0.05) is 0 Å². The summed E-state index contributed by atoms with van der Waals surface area (Å²) in [7, 11) is 4.30. The van der Waals surface area contributed by atoms with Crippen molar-refractivity contribution in [1.82, 2.24) is 24.6 Å². The van der Waals surface area contributed by atoms with Crippen molar-refractivity contribution in [1.29, 1.82) is 0 Å². The third kappa shape index (κ3) is 5.46. The number of benzene rings is 1. The third-order valence-electron chi connectivity index (χ3n) is 5.70. The predicted octanol–water partition coefficient (Wildman–Crippen LogP) is 1.96. The number of β-amino-alcohol motifs (C(OH)–C–C–N with tert-alkyl or cyclic N) is 1. The zero-order valence-electron chi connectivity index (χ0n) is 20.0. The van der Waals surface area contributed by atoms with Crippen LogP contribution in [0, 0.1) is 11.6 Å². The molecule has 3 aromatic rings. The summed E-state index contributed by atoms with van der Waals surface area (Å²) in [6.07, 6.45) is 3.09. The average Bonchev–Trinajstić information content (AvgIpc) is 3.20. The molecular weight excluding hydrogens is 478 g/mol. The van der Waals surface area contributed by atoms with Crippen LogP contribution in [0.1, 0.15) is 17.7 Å². The van der Waals surface area contributed by atoms with E-state index in [1.165, 1.54) is 26.6 Å². The number of aliphatic hydroxyl groups excluding tert-OH is 1. The molecule has 3 heterocycles. The first-order valence-corrected chi connectivity index (χ1v) is 11.1. The first-order valence-electron chi connectivity index (χ1n) is 11.1. The van der Waals surface area contributed by atoms with Gasteiger partial charge in [-0.3, -0.25) is 9.48 Å². The molecule has 1 fully saturated rings. The zero-order chi connectivity index (χ0) is 25.8. The van der Waals surface area contributed by atoms with E-state index in [0.29, 0.717) is 31.7 Å². The smallest absolute Gasteiger partial charge is 0.228 e. The van der Waals surface area contributed by atoms with Crippen LogP contribution < -0.4 is 19.5 Å². The van der Waals surface area contributed by atoms with Crippen LogP contribution in [-0.4, -0.2) is 69.1 Å². The van der Waals surface area contributed by atoms with Crippen LogP contribution >= 0.6 is 0 Å². The van der Waals surface area contributed by atoms with E-state index in [4.69, 9.17) is 14.2 Å². The van der Waals surface area contributed by atoms with Crippen molar-refractivity contribution < 1.29 is 32.9 Å². The molecule has 2 aromatic heterocycles. The lowest BCUT2D eigenvalue weighted by molar-refractivity contribution is -0.141. The van der Waals surface area contributed by atoms with Crippen LogP contribution in [0.4, 0.5) is 20.5 Å². The number of aliphatic hydroxyl groups is 1. The summed E-state index contributed by atoms with van der Waals surface area (Å²) >= 11 is 0. The van der Waals surface area contributed by atoms with Crippen molar-refractivity contribution in [3.05, 3.63) is 47.4 Å². The number of anilines is 2. The molecule has 4 rings (SSSR count). The number of carbonyl (C=O) groups is 1. The molecular formula is C23H26F2N6O5. The first-order chi connectivity index (χ1) is 17.3. The van der Waals surface area contributed by atoms with Crippen LogP contribution in [-0.2, 0) is 24.9 Å². The molecule has 192 valence electrons. The van der Waals surface area contributed by atoms with Gasteiger partial charge in [0.15, 0.2) is 34.7 Å². The van der Waals surface area contributed by atoms with E-state index in [1.807, 2.05) is 0 Å². The minimum absolute atomic E-state index is 0.0120. The number of nitrogens with zero attached hydrogens (tertiary/aromatic N) is 5. The summed E-state index contributed by atoms with van der Waals surface area (Å²) in [6.45, 7) is 0.331. The van der Waals surface area contributed by atoms with Crippen molar-refractivity contribution in [2.45, 2.75) is 25.6 Å². The number of carbonyl (C=O) groups excluding carboxylic acids is 1.